The van der Waals surface area contributed by atoms with Crippen molar-refractivity contribution in [2.75, 3.05) is 13.2 Å². The maximum atomic E-state index is 11.3. The van der Waals surface area contributed by atoms with Crippen LogP contribution in [0.2, 0.25) is 0 Å². The lowest BCUT2D eigenvalue weighted by Crippen LogP contribution is -2.05. The van der Waals surface area contributed by atoms with Crippen molar-refractivity contribution in [1.29, 1.82) is 0 Å². The molecule has 0 heterocycles. The van der Waals surface area contributed by atoms with E-state index in [1.165, 1.54) is 6.08 Å². The molecule has 0 aliphatic rings. The highest BCUT2D eigenvalue weighted by molar-refractivity contribution is 5.82. The van der Waals surface area contributed by atoms with Crippen molar-refractivity contribution in [3.63, 3.8) is 0 Å². The van der Waals surface area contributed by atoms with Crippen LogP contribution in [0.4, 0.5) is 0 Å². The minimum absolute atomic E-state index is 0.206. The Labute approximate surface area is 122 Å². The second-order valence-corrected chi connectivity index (χ2v) is 4.74. The zero-order chi connectivity index (χ0) is 15.1. The molecule has 0 bridgehead atoms. The first-order valence-corrected chi connectivity index (χ1v) is 7.69. The molecule has 20 heavy (non-hydrogen) atoms. The summed E-state index contributed by atoms with van der Waals surface area (Å²) in [5.74, 6) is -0.542. The molecule has 0 aromatic carbocycles. The molecule has 4 nitrogen and oxygen atoms in total. The lowest BCUT2D eigenvalue weighted by Gasteiger charge is -2.02. The van der Waals surface area contributed by atoms with Crippen molar-refractivity contribution < 1.29 is 19.1 Å². The van der Waals surface area contributed by atoms with Crippen LogP contribution in [0, 0.1) is 0 Å². The van der Waals surface area contributed by atoms with Crippen molar-refractivity contribution in [1.82, 2.24) is 0 Å². The van der Waals surface area contributed by atoms with E-state index in [0.29, 0.717) is 26.1 Å². The van der Waals surface area contributed by atoms with E-state index >= 15 is 0 Å². The number of hydrogen-bond acceptors (Lipinski definition) is 4. The van der Waals surface area contributed by atoms with Gasteiger partial charge >= 0.3 is 11.9 Å². The number of hydrogen-bond donors (Lipinski definition) is 0. The highest BCUT2D eigenvalue weighted by Gasteiger charge is 2.01. The summed E-state index contributed by atoms with van der Waals surface area (Å²) in [6, 6.07) is 0. The second-order valence-electron chi connectivity index (χ2n) is 4.74. The predicted octanol–water partition coefficient (Wildman–Crippen LogP) is 3.79. The Kier molecular flexibility index (Phi) is 13.2. The summed E-state index contributed by atoms with van der Waals surface area (Å²) in [6.07, 6.45) is 10.1. The summed E-state index contributed by atoms with van der Waals surface area (Å²) in [6.45, 7) is 5.17. The monoisotopic (exact) mass is 284 g/mol. The molecule has 0 spiro atoms. The molecule has 0 aromatic rings. The molecule has 116 valence electrons. The van der Waals surface area contributed by atoms with Gasteiger partial charge in [-0.25, -0.2) is 4.79 Å². The van der Waals surface area contributed by atoms with Crippen molar-refractivity contribution in [2.24, 2.45) is 0 Å². The lowest BCUT2D eigenvalue weighted by molar-refractivity contribution is -0.143. The minimum Gasteiger partial charge on any atom is -0.466 e. The summed E-state index contributed by atoms with van der Waals surface area (Å²) in [7, 11) is 0. The fourth-order valence-electron chi connectivity index (χ4n) is 1.56. The number of unbranched alkanes of at least 4 members (excludes halogenated alkanes) is 4. The Bertz CT molecular complexity index is 284. The minimum atomic E-state index is -0.336. The average molecular weight is 284 g/mol. The largest absolute Gasteiger partial charge is 0.466 e. The van der Waals surface area contributed by atoms with Crippen LogP contribution in [0.15, 0.2) is 12.2 Å². The highest BCUT2D eigenvalue weighted by Crippen LogP contribution is 1.99. The quantitative estimate of drug-likeness (QED) is 0.311. The van der Waals surface area contributed by atoms with E-state index in [0.717, 1.165) is 38.5 Å². The van der Waals surface area contributed by atoms with Crippen LogP contribution in [0.1, 0.15) is 65.2 Å². The summed E-state index contributed by atoms with van der Waals surface area (Å²) >= 11 is 0. The van der Waals surface area contributed by atoms with E-state index in [1.807, 2.05) is 0 Å². The first-order valence-electron chi connectivity index (χ1n) is 7.69. The van der Waals surface area contributed by atoms with E-state index in [2.05, 4.69) is 13.8 Å². The summed E-state index contributed by atoms with van der Waals surface area (Å²) in [4.78, 5) is 22.6. The van der Waals surface area contributed by atoms with Crippen LogP contribution in [0.3, 0.4) is 0 Å². The third-order valence-corrected chi connectivity index (χ3v) is 2.77. The first kappa shape index (κ1) is 18.7. The van der Waals surface area contributed by atoms with E-state index < -0.39 is 0 Å². The van der Waals surface area contributed by atoms with Crippen LogP contribution in [-0.2, 0) is 19.1 Å². The molecule has 0 saturated carbocycles. The number of carbonyl (C=O) groups excluding carboxylic acids is 2. The van der Waals surface area contributed by atoms with Gasteiger partial charge in [0.25, 0.3) is 0 Å². The second kappa shape index (κ2) is 14.1. The molecule has 0 unspecified atom stereocenters. The Morgan fingerprint density at radius 2 is 1.50 bits per heavy atom. The number of allylic oxidation sites excluding steroid dienone is 1. The number of esters is 2. The van der Waals surface area contributed by atoms with Crippen molar-refractivity contribution in [3.05, 3.63) is 12.2 Å². The van der Waals surface area contributed by atoms with Gasteiger partial charge in [0, 0.05) is 12.5 Å². The molecular weight excluding hydrogens is 256 g/mol. The third-order valence-electron chi connectivity index (χ3n) is 2.77. The fourth-order valence-corrected chi connectivity index (χ4v) is 1.56. The molecule has 0 aliphatic heterocycles. The van der Waals surface area contributed by atoms with Crippen LogP contribution in [0.25, 0.3) is 0 Å². The molecule has 0 amide bonds. The fraction of sp³-hybridized carbons (Fsp3) is 0.750. The Morgan fingerprint density at radius 1 is 0.900 bits per heavy atom. The zero-order valence-corrected chi connectivity index (χ0v) is 12.9. The van der Waals surface area contributed by atoms with Gasteiger partial charge in [-0.05, 0) is 19.3 Å². The lowest BCUT2D eigenvalue weighted by atomic mass is 10.2. The highest BCUT2D eigenvalue weighted by atomic mass is 16.5. The number of carbonyl (C=O) groups is 2. The smallest absolute Gasteiger partial charge is 0.330 e. The van der Waals surface area contributed by atoms with Crippen LogP contribution >= 0.6 is 0 Å². The van der Waals surface area contributed by atoms with Gasteiger partial charge < -0.3 is 9.47 Å². The van der Waals surface area contributed by atoms with Crippen molar-refractivity contribution in [3.8, 4) is 0 Å². The molecule has 0 aliphatic carbocycles. The van der Waals surface area contributed by atoms with Gasteiger partial charge in [0.05, 0.1) is 13.2 Å². The molecule has 0 atom stereocenters. The van der Waals surface area contributed by atoms with Gasteiger partial charge in [-0.3, -0.25) is 4.79 Å². The van der Waals surface area contributed by atoms with E-state index in [9.17, 15) is 9.59 Å². The van der Waals surface area contributed by atoms with Crippen LogP contribution in [0.5, 0.6) is 0 Å². The van der Waals surface area contributed by atoms with E-state index in [4.69, 9.17) is 9.47 Å². The summed E-state index contributed by atoms with van der Waals surface area (Å²) < 4.78 is 10.1. The van der Waals surface area contributed by atoms with Gasteiger partial charge in [-0.1, -0.05) is 45.6 Å². The molecule has 0 rings (SSSR count). The molecular formula is C16H28O4. The summed E-state index contributed by atoms with van der Waals surface area (Å²) in [5.41, 5.74) is 0. The Morgan fingerprint density at radius 3 is 2.10 bits per heavy atom. The molecule has 0 saturated heterocycles. The first-order chi connectivity index (χ1) is 9.70. The van der Waals surface area contributed by atoms with Crippen LogP contribution in [-0.4, -0.2) is 25.2 Å². The van der Waals surface area contributed by atoms with Crippen molar-refractivity contribution >= 4 is 11.9 Å². The standard InChI is InChI=1S/C16H28O4/c1-3-5-9-13-19-15(17)11-7-8-12-16(18)20-14-10-6-4-2/h7,11H,3-6,8-10,12-14H2,1-2H3. The molecule has 0 N–H and O–H groups in total. The van der Waals surface area contributed by atoms with Gasteiger partial charge in [-0.15, -0.1) is 0 Å². The van der Waals surface area contributed by atoms with Crippen LogP contribution < -0.4 is 0 Å². The molecule has 4 heteroatoms. The molecule has 0 radical (unpaired) electrons. The number of ether oxygens (including phenoxy) is 2. The topological polar surface area (TPSA) is 52.6 Å². The van der Waals surface area contributed by atoms with Crippen molar-refractivity contribution in [2.45, 2.75) is 65.2 Å². The predicted molar refractivity (Wildman–Crippen MR) is 79.3 cm³/mol. The maximum Gasteiger partial charge on any atom is 0.330 e. The molecule has 0 fully saturated rings. The van der Waals surface area contributed by atoms with Gasteiger partial charge in [-0.2, -0.15) is 0 Å². The normalized spacial score (nSPS) is 10.7. The zero-order valence-electron chi connectivity index (χ0n) is 12.9. The molecule has 0 aromatic heterocycles. The van der Waals surface area contributed by atoms with Gasteiger partial charge in [0.15, 0.2) is 0 Å². The van der Waals surface area contributed by atoms with E-state index in [1.54, 1.807) is 6.08 Å². The summed E-state index contributed by atoms with van der Waals surface area (Å²) in [5, 5.41) is 0. The maximum absolute atomic E-state index is 11.3. The van der Waals surface area contributed by atoms with Gasteiger partial charge in [0.1, 0.15) is 0 Å². The number of rotatable bonds is 12. The average Bonchev–Trinajstić information content (AvgIpc) is 2.44. The Hall–Kier alpha value is -1.32. The van der Waals surface area contributed by atoms with E-state index in [-0.39, 0.29) is 11.9 Å². The SMILES string of the molecule is CCCCCOC(=O)C=CCCC(=O)OCCCCC. The van der Waals surface area contributed by atoms with Gasteiger partial charge in [0.2, 0.25) is 0 Å². The third kappa shape index (κ3) is 13.1. The Balaban J connectivity index is 3.49.